The van der Waals surface area contributed by atoms with Crippen LogP contribution in [0.15, 0.2) is 44.9 Å². The van der Waals surface area contributed by atoms with Crippen molar-refractivity contribution in [2.75, 3.05) is 6.61 Å². The second-order valence-electron chi connectivity index (χ2n) is 4.54. The first-order valence-corrected chi connectivity index (χ1v) is 7.44. The van der Waals surface area contributed by atoms with Gasteiger partial charge >= 0.3 is 16.9 Å². The molecule has 0 saturated heterocycles. The molecule has 1 heterocycles. The van der Waals surface area contributed by atoms with Gasteiger partial charge in [0.2, 0.25) is 0 Å². The smallest absolute Gasteiger partial charge is 0.357 e. The highest BCUT2D eigenvalue weighted by Crippen LogP contribution is 2.25. The molecule has 9 heteroatoms. The number of nitrogens with one attached hydrogen (secondary N) is 2. The SMILES string of the molecule is C=CCOc1ccc(Br)cc1/C=C/c1[nH]c(=O)[nH]c(=O)c1[N+](=O)[O-]. The zero-order valence-electron chi connectivity index (χ0n) is 12.2. The number of hydrogen-bond donors (Lipinski definition) is 2. The fourth-order valence-electron chi connectivity index (χ4n) is 1.90. The van der Waals surface area contributed by atoms with E-state index in [-0.39, 0.29) is 12.3 Å². The third-order valence-corrected chi connectivity index (χ3v) is 3.38. The lowest BCUT2D eigenvalue weighted by atomic mass is 10.1. The third-order valence-electron chi connectivity index (χ3n) is 2.89. The van der Waals surface area contributed by atoms with Crippen LogP contribution in [0.3, 0.4) is 0 Å². The van der Waals surface area contributed by atoms with Crippen LogP contribution in [0.2, 0.25) is 0 Å². The summed E-state index contributed by atoms with van der Waals surface area (Å²) in [5.74, 6) is 0.518. The Balaban J connectivity index is 2.50. The molecule has 0 spiro atoms. The van der Waals surface area contributed by atoms with Gasteiger partial charge in [0.15, 0.2) is 0 Å². The number of aromatic nitrogens is 2. The predicted octanol–water partition coefficient (Wildman–Crippen LogP) is 2.47. The lowest BCUT2D eigenvalue weighted by Crippen LogP contribution is -2.25. The molecule has 0 aliphatic heterocycles. The molecular weight excluding hydrogens is 382 g/mol. The van der Waals surface area contributed by atoms with Gasteiger partial charge in [-0.15, -0.1) is 0 Å². The summed E-state index contributed by atoms with van der Waals surface area (Å²) >= 11 is 3.32. The summed E-state index contributed by atoms with van der Waals surface area (Å²) in [5, 5.41) is 11.0. The number of halogens is 1. The van der Waals surface area contributed by atoms with Crippen LogP contribution in [-0.4, -0.2) is 21.5 Å². The van der Waals surface area contributed by atoms with E-state index in [0.29, 0.717) is 11.3 Å². The molecule has 0 aliphatic rings. The molecule has 8 nitrogen and oxygen atoms in total. The molecule has 0 unspecified atom stereocenters. The van der Waals surface area contributed by atoms with Crippen molar-refractivity contribution in [3.63, 3.8) is 0 Å². The van der Waals surface area contributed by atoms with Gasteiger partial charge in [0, 0.05) is 10.0 Å². The molecule has 124 valence electrons. The van der Waals surface area contributed by atoms with Gasteiger partial charge < -0.3 is 9.72 Å². The molecular formula is C15H12BrN3O5. The molecule has 2 aromatic rings. The minimum atomic E-state index is -1.07. The maximum atomic E-state index is 11.6. The lowest BCUT2D eigenvalue weighted by Gasteiger charge is -2.07. The highest BCUT2D eigenvalue weighted by atomic mass is 79.9. The van der Waals surface area contributed by atoms with Gasteiger partial charge in [0.05, 0.1) is 4.92 Å². The summed E-state index contributed by atoms with van der Waals surface area (Å²) < 4.78 is 6.26. The number of nitro groups is 1. The monoisotopic (exact) mass is 393 g/mol. The lowest BCUT2D eigenvalue weighted by molar-refractivity contribution is -0.386. The second kappa shape index (κ2) is 7.55. The fraction of sp³-hybridized carbons (Fsp3) is 0.0667. The molecule has 0 fully saturated rings. The highest BCUT2D eigenvalue weighted by Gasteiger charge is 2.18. The Morgan fingerprint density at radius 2 is 2.04 bits per heavy atom. The summed E-state index contributed by atoms with van der Waals surface area (Å²) in [5.41, 5.74) is -2.25. The molecule has 1 aromatic heterocycles. The normalized spacial score (nSPS) is 10.7. The van der Waals surface area contributed by atoms with E-state index in [1.807, 2.05) is 4.98 Å². The average Bonchev–Trinajstić information content (AvgIpc) is 2.50. The van der Waals surface area contributed by atoms with E-state index in [1.165, 1.54) is 12.2 Å². The maximum absolute atomic E-state index is 11.6. The van der Waals surface area contributed by atoms with Crippen LogP contribution in [0.1, 0.15) is 11.3 Å². The van der Waals surface area contributed by atoms with Crippen molar-refractivity contribution in [3.05, 3.63) is 77.5 Å². The Morgan fingerprint density at radius 3 is 2.71 bits per heavy atom. The molecule has 2 rings (SSSR count). The summed E-state index contributed by atoms with van der Waals surface area (Å²) in [6, 6.07) is 5.21. The van der Waals surface area contributed by atoms with Crippen molar-refractivity contribution < 1.29 is 9.66 Å². The van der Waals surface area contributed by atoms with E-state index < -0.39 is 21.9 Å². The van der Waals surface area contributed by atoms with Gasteiger partial charge in [-0.1, -0.05) is 28.6 Å². The molecule has 0 saturated carbocycles. The Bertz CT molecular complexity index is 929. The number of nitrogens with zero attached hydrogens (tertiary/aromatic N) is 1. The van der Waals surface area contributed by atoms with Crippen LogP contribution >= 0.6 is 15.9 Å². The van der Waals surface area contributed by atoms with Gasteiger partial charge in [0.25, 0.3) is 0 Å². The third kappa shape index (κ3) is 4.07. The van der Waals surface area contributed by atoms with Crippen molar-refractivity contribution in [1.29, 1.82) is 0 Å². The molecule has 2 N–H and O–H groups in total. The van der Waals surface area contributed by atoms with E-state index in [9.17, 15) is 19.7 Å². The Labute approximate surface area is 143 Å². The van der Waals surface area contributed by atoms with E-state index in [4.69, 9.17) is 4.74 Å². The summed E-state index contributed by atoms with van der Waals surface area (Å²) in [6.07, 6.45) is 4.35. The van der Waals surface area contributed by atoms with E-state index in [1.54, 1.807) is 24.3 Å². The van der Waals surface area contributed by atoms with Crippen molar-refractivity contribution >= 4 is 33.8 Å². The molecule has 0 bridgehead atoms. The molecule has 0 atom stereocenters. The number of aromatic amines is 2. The van der Waals surface area contributed by atoms with Crippen molar-refractivity contribution in [2.24, 2.45) is 0 Å². The standard InChI is InChI=1S/C15H12BrN3O5/c1-2-7-24-12-6-4-10(16)8-9(12)3-5-11-13(19(22)23)14(20)18-15(21)17-11/h2-6,8H,1,7H2,(H2,17,18,20,21)/b5-3+. The van der Waals surface area contributed by atoms with Crippen LogP contribution in [0.4, 0.5) is 5.69 Å². The molecule has 0 amide bonds. The summed E-state index contributed by atoms with van der Waals surface area (Å²) in [6.45, 7) is 3.84. The van der Waals surface area contributed by atoms with Gasteiger partial charge in [-0.2, -0.15) is 0 Å². The summed E-state index contributed by atoms with van der Waals surface area (Å²) in [7, 11) is 0. The maximum Gasteiger partial charge on any atom is 0.357 e. The molecule has 24 heavy (non-hydrogen) atoms. The first-order valence-electron chi connectivity index (χ1n) is 6.64. The first-order chi connectivity index (χ1) is 11.4. The molecule has 0 radical (unpaired) electrons. The fourth-order valence-corrected chi connectivity index (χ4v) is 2.28. The highest BCUT2D eigenvalue weighted by molar-refractivity contribution is 9.10. The van der Waals surface area contributed by atoms with Crippen molar-refractivity contribution in [3.8, 4) is 5.75 Å². The Morgan fingerprint density at radius 1 is 1.29 bits per heavy atom. The number of rotatable bonds is 6. The molecule has 1 aromatic carbocycles. The average molecular weight is 394 g/mol. The van der Waals surface area contributed by atoms with E-state index in [2.05, 4.69) is 27.5 Å². The first kappa shape index (κ1) is 17.4. The minimum Gasteiger partial charge on any atom is -0.489 e. The van der Waals surface area contributed by atoms with Gasteiger partial charge in [-0.3, -0.25) is 19.9 Å². The van der Waals surface area contributed by atoms with Gasteiger partial charge in [0.1, 0.15) is 18.1 Å². The van der Waals surface area contributed by atoms with Gasteiger partial charge in [-0.05, 0) is 30.4 Å². The number of H-pyrrole nitrogens is 2. The van der Waals surface area contributed by atoms with Crippen LogP contribution in [0.25, 0.3) is 12.2 Å². The zero-order valence-corrected chi connectivity index (χ0v) is 13.8. The van der Waals surface area contributed by atoms with Crippen molar-refractivity contribution in [1.82, 2.24) is 9.97 Å². The van der Waals surface area contributed by atoms with Crippen LogP contribution in [0.5, 0.6) is 5.75 Å². The van der Waals surface area contributed by atoms with E-state index in [0.717, 1.165) is 4.47 Å². The van der Waals surface area contributed by atoms with Gasteiger partial charge in [-0.25, -0.2) is 4.79 Å². The number of benzene rings is 1. The number of hydrogen-bond acceptors (Lipinski definition) is 5. The van der Waals surface area contributed by atoms with Crippen molar-refractivity contribution in [2.45, 2.75) is 0 Å². The summed E-state index contributed by atoms with van der Waals surface area (Å²) in [4.78, 5) is 37.1. The molecule has 0 aliphatic carbocycles. The van der Waals surface area contributed by atoms with Crippen LogP contribution in [0, 0.1) is 10.1 Å². The second-order valence-corrected chi connectivity index (χ2v) is 5.46. The number of ether oxygens (including phenoxy) is 1. The van der Waals surface area contributed by atoms with E-state index >= 15 is 0 Å². The zero-order chi connectivity index (χ0) is 17.7. The topological polar surface area (TPSA) is 118 Å². The predicted molar refractivity (Wildman–Crippen MR) is 93.1 cm³/mol. The Kier molecular flexibility index (Phi) is 5.48. The quantitative estimate of drug-likeness (QED) is 0.443. The largest absolute Gasteiger partial charge is 0.489 e. The van der Waals surface area contributed by atoms with Crippen LogP contribution in [-0.2, 0) is 0 Å². The Hall–Kier alpha value is -2.94. The van der Waals surface area contributed by atoms with Crippen LogP contribution < -0.4 is 16.0 Å². The minimum absolute atomic E-state index is 0.205.